The number of nitrogens with zero attached hydrogens (tertiary/aromatic N) is 2. The first-order valence-corrected chi connectivity index (χ1v) is 13.6. The minimum Gasteiger partial charge on any atom is -0.345 e. The largest absolute Gasteiger partial charge is 0.345 e. The summed E-state index contributed by atoms with van der Waals surface area (Å²) >= 11 is 0. The van der Waals surface area contributed by atoms with Crippen LogP contribution in [-0.2, 0) is 5.41 Å². The van der Waals surface area contributed by atoms with Crippen LogP contribution in [0.3, 0.4) is 0 Å². The molecular formula is C34H40N2. The van der Waals surface area contributed by atoms with Crippen molar-refractivity contribution >= 4 is 11.4 Å². The summed E-state index contributed by atoms with van der Waals surface area (Å²) in [6.45, 7) is 21.3. The molecule has 2 nitrogen and oxygen atoms in total. The number of anilines is 1. The molecule has 1 unspecified atom stereocenters. The van der Waals surface area contributed by atoms with Crippen LogP contribution >= 0.6 is 0 Å². The summed E-state index contributed by atoms with van der Waals surface area (Å²) in [5, 5.41) is 0. The Morgan fingerprint density at radius 2 is 1.42 bits per heavy atom. The first-order chi connectivity index (χ1) is 17.0. The van der Waals surface area contributed by atoms with Crippen LogP contribution in [0.1, 0.15) is 107 Å². The predicted molar refractivity (Wildman–Crippen MR) is 153 cm³/mol. The van der Waals surface area contributed by atoms with Gasteiger partial charge in [0.2, 0.25) is 0 Å². The molecule has 0 saturated carbocycles. The second-order valence-corrected chi connectivity index (χ2v) is 12.8. The summed E-state index contributed by atoms with van der Waals surface area (Å²) in [4.78, 5) is 5.35. The Bertz CT molecular complexity index is 1390. The molecule has 0 amide bonds. The van der Waals surface area contributed by atoms with Gasteiger partial charge in [-0.2, -0.15) is 0 Å². The first kappa shape index (κ1) is 23.4. The molecule has 3 aromatic carbocycles. The Balaban J connectivity index is 1.74. The van der Waals surface area contributed by atoms with Gasteiger partial charge in [0, 0.05) is 33.8 Å². The summed E-state index contributed by atoms with van der Waals surface area (Å²) in [6, 6.07) is 21.0. The van der Waals surface area contributed by atoms with E-state index in [0.29, 0.717) is 11.8 Å². The summed E-state index contributed by atoms with van der Waals surface area (Å²) in [5.41, 5.74) is 14.0. The van der Waals surface area contributed by atoms with E-state index in [1.807, 2.05) is 0 Å². The fourth-order valence-corrected chi connectivity index (χ4v) is 6.90. The van der Waals surface area contributed by atoms with Crippen LogP contribution in [0.25, 0.3) is 16.8 Å². The Kier molecular flexibility index (Phi) is 4.88. The van der Waals surface area contributed by atoms with Crippen molar-refractivity contribution in [1.29, 1.82) is 0 Å². The van der Waals surface area contributed by atoms with Crippen molar-refractivity contribution in [2.45, 2.75) is 91.3 Å². The maximum absolute atomic E-state index is 2.68. The van der Waals surface area contributed by atoms with Gasteiger partial charge in [-0.1, -0.05) is 89.6 Å². The smallest absolute Gasteiger partial charge is 0.134 e. The SMILES string of the molecule is Cc1ccc2c(c1)-c1cccc3c1C1N2C(c2c(C(C)C)cccc2C(C)C)=CN1C(C)(C)C3(C)C. The molecule has 3 heterocycles. The van der Waals surface area contributed by atoms with Crippen molar-refractivity contribution in [2.24, 2.45) is 0 Å². The second kappa shape index (κ2) is 7.51. The van der Waals surface area contributed by atoms with Crippen molar-refractivity contribution in [3.63, 3.8) is 0 Å². The number of rotatable bonds is 3. The lowest BCUT2D eigenvalue weighted by Gasteiger charge is -2.58. The van der Waals surface area contributed by atoms with Crippen LogP contribution in [-0.4, -0.2) is 10.4 Å². The minimum absolute atomic E-state index is 0.00770. The molecule has 0 aromatic heterocycles. The molecule has 3 aliphatic rings. The molecule has 6 rings (SSSR count). The highest BCUT2D eigenvalue weighted by Crippen LogP contribution is 2.62. The average Bonchev–Trinajstić information content (AvgIpc) is 3.23. The Labute approximate surface area is 217 Å². The second-order valence-electron chi connectivity index (χ2n) is 12.8. The van der Waals surface area contributed by atoms with Crippen molar-refractivity contribution in [1.82, 2.24) is 4.90 Å². The molecular weight excluding hydrogens is 436 g/mol. The number of hydrogen-bond donors (Lipinski definition) is 0. The monoisotopic (exact) mass is 476 g/mol. The molecule has 36 heavy (non-hydrogen) atoms. The quantitative estimate of drug-likeness (QED) is 0.372. The van der Waals surface area contributed by atoms with Gasteiger partial charge < -0.3 is 9.80 Å². The Hall–Kier alpha value is -3.00. The lowest BCUT2D eigenvalue weighted by Crippen LogP contribution is -2.60. The third kappa shape index (κ3) is 2.85. The van der Waals surface area contributed by atoms with Crippen LogP contribution in [0.2, 0.25) is 0 Å². The van der Waals surface area contributed by atoms with E-state index >= 15 is 0 Å². The fourth-order valence-electron chi connectivity index (χ4n) is 6.90. The maximum atomic E-state index is 2.68. The molecule has 2 heteroatoms. The topological polar surface area (TPSA) is 6.48 Å². The molecule has 0 radical (unpaired) electrons. The molecule has 0 N–H and O–H groups in total. The van der Waals surface area contributed by atoms with Crippen LogP contribution in [0, 0.1) is 6.92 Å². The van der Waals surface area contributed by atoms with Gasteiger partial charge in [-0.3, -0.25) is 0 Å². The van der Waals surface area contributed by atoms with Gasteiger partial charge in [-0.15, -0.1) is 0 Å². The summed E-state index contributed by atoms with van der Waals surface area (Å²) in [6.07, 6.45) is 2.68. The van der Waals surface area contributed by atoms with E-state index in [9.17, 15) is 0 Å². The standard InChI is InChI=1S/C34H40N2/c1-20(2)23-12-10-13-24(21(3)4)30(23)29-19-35-32-31-25(26-18-22(5)16-17-28(26)36(29)32)14-11-15-27(31)33(6,7)34(35,8)9/h10-21,32H,1-9H3. The van der Waals surface area contributed by atoms with E-state index in [-0.39, 0.29) is 17.1 Å². The fraction of sp³-hybridized carbons (Fsp3) is 0.412. The van der Waals surface area contributed by atoms with E-state index in [4.69, 9.17) is 0 Å². The molecule has 186 valence electrons. The molecule has 3 aliphatic heterocycles. The summed E-state index contributed by atoms with van der Waals surface area (Å²) in [7, 11) is 0. The number of fused-ring (bicyclic) bond motifs is 3. The zero-order chi connectivity index (χ0) is 25.7. The van der Waals surface area contributed by atoms with Gasteiger partial charge in [0.05, 0.1) is 11.4 Å². The van der Waals surface area contributed by atoms with Crippen molar-refractivity contribution in [2.75, 3.05) is 4.90 Å². The third-order valence-corrected chi connectivity index (χ3v) is 9.57. The van der Waals surface area contributed by atoms with Crippen LogP contribution < -0.4 is 4.90 Å². The molecule has 0 aliphatic carbocycles. The summed E-state index contributed by atoms with van der Waals surface area (Å²) < 4.78 is 0. The van der Waals surface area contributed by atoms with Crippen molar-refractivity contribution < 1.29 is 0 Å². The molecule has 0 fully saturated rings. The Morgan fingerprint density at radius 1 is 0.778 bits per heavy atom. The number of hydrogen-bond acceptors (Lipinski definition) is 2. The zero-order valence-electron chi connectivity index (χ0n) is 23.4. The van der Waals surface area contributed by atoms with E-state index in [1.54, 1.807) is 0 Å². The molecule has 3 aromatic rings. The van der Waals surface area contributed by atoms with Crippen LogP contribution in [0.15, 0.2) is 60.8 Å². The van der Waals surface area contributed by atoms with Crippen LogP contribution in [0.5, 0.6) is 0 Å². The van der Waals surface area contributed by atoms with Crippen molar-refractivity contribution in [3.05, 3.63) is 94.2 Å². The van der Waals surface area contributed by atoms with Crippen LogP contribution in [0.4, 0.5) is 5.69 Å². The van der Waals surface area contributed by atoms with E-state index < -0.39 is 0 Å². The van der Waals surface area contributed by atoms with Gasteiger partial charge in [0.1, 0.15) is 6.17 Å². The van der Waals surface area contributed by atoms with Gasteiger partial charge in [0.15, 0.2) is 0 Å². The van der Waals surface area contributed by atoms with Gasteiger partial charge >= 0.3 is 0 Å². The Morgan fingerprint density at radius 3 is 2.06 bits per heavy atom. The van der Waals surface area contributed by atoms with E-state index in [0.717, 1.165) is 0 Å². The normalized spacial score (nSPS) is 20.5. The van der Waals surface area contributed by atoms with E-state index in [2.05, 4.69) is 133 Å². The zero-order valence-corrected chi connectivity index (χ0v) is 23.4. The average molecular weight is 477 g/mol. The van der Waals surface area contributed by atoms with Gasteiger partial charge in [-0.25, -0.2) is 0 Å². The molecule has 0 bridgehead atoms. The first-order valence-electron chi connectivity index (χ1n) is 13.6. The van der Waals surface area contributed by atoms with Gasteiger partial charge in [-0.05, 0) is 67.0 Å². The highest BCUT2D eigenvalue weighted by molar-refractivity contribution is 5.96. The minimum atomic E-state index is -0.0593. The van der Waals surface area contributed by atoms with Crippen molar-refractivity contribution in [3.8, 4) is 11.1 Å². The molecule has 1 atom stereocenters. The maximum Gasteiger partial charge on any atom is 0.134 e. The number of benzene rings is 3. The highest BCUT2D eigenvalue weighted by atomic mass is 15.4. The van der Waals surface area contributed by atoms with E-state index in [1.165, 1.54) is 55.9 Å². The molecule has 0 spiro atoms. The predicted octanol–water partition coefficient (Wildman–Crippen LogP) is 9.11. The lowest BCUT2D eigenvalue weighted by molar-refractivity contribution is 0.0529. The number of aryl methyl sites for hydroxylation is 1. The molecule has 0 saturated heterocycles. The lowest BCUT2D eigenvalue weighted by atomic mass is 9.63. The third-order valence-electron chi connectivity index (χ3n) is 9.57. The summed E-state index contributed by atoms with van der Waals surface area (Å²) in [5.74, 6) is 0.901. The van der Waals surface area contributed by atoms with Gasteiger partial charge in [0.25, 0.3) is 0 Å². The highest BCUT2D eigenvalue weighted by Gasteiger charge is 2.57.